The van der Waals surface area contributed by atoms with Crippen LogP contribution in [0.1, 0.15) is 18.1 Å². The molecule has 0 aliphatic heterocycles. The lowest BCUT2D eigenvalue weighted by Crippen LogP contribution is -2.09. The molecule has 0 unspecified atom stereocenters. The molecule has 0 aliphatic carbocycles. The van der Waals surface area contributed by atoms with Crippen LogP contribution in [0, 0.1) is 6.92 Å². The fourth-order valence-corrected chi connectivity index (χ4v) is 5.43. The van der Waals surface area contributed by atoms with Gasteiger partial charge in [0.1, 0.15) is 0 Å². The predicted octanol–water partition coefficient (Wildman–Crippen LogP) is 1.88. The molecular weight excluding hydrogens is 404 g/mol. The highest BCUT2D eigenvalue weighted by atomic mass is 32.2. The number of rotatable bonds is 5. The van der Waals surface area contributed by atoms with Crippen molar-refractivity contribution in [1.29, 1.82) is 0 Å². The topological polar surface area (TPSA) is 143 Å². The molecule has 0 aromatic heterocycles. The van der Waals surface area contributed by atoms with Crippen LogP contribution in [0.15, 0.2) is 56.0 Å². The molecule has 26 heavy (non-hydrogen) atoms. The molecule has 2 aromatic carbocycles. The molecule has 142 valence electrons. The normalized spacial score (nSPS) is 12.9. The average Bonchev–Trinajstić information content (AvgIpc) is 2.52. The Morgan fingerprint density at radius 1 is 0.769 bits per heavy atom. The summed E-state index contributed by atoms with van der Waals surface area (Å²) in [5.41, 5.74) is 0.375. The van der Waals surface area contributed by atoms with Gasteiger partial charge in [-0.2, -0.15) is 16.8 Å². The van der Waals surface area contributed by atoms with Crippen molar-refractivity contribution in [3.05, 3.63) is 47.5 Å². The van der Waals surface area contributed by atoms with E-state index in [9.17, 15) is 34.4 Å². The van der Waals surface area contributed by atoms with Gasteiger partial charge in [0.2, 0.25) is 9.84 Å². The quantitative estimate of drug-likeness (QED) is 0.698. The Bertz CT molecular complexity index is 1180. The van der Waals surface area contributed by atoms with Crippen molar-refractivity contribution in [3.63, 3.8) is 0 Å². The van der Waals surface area contributed by atoms with Gasteiger partial charge in [0.25, 0.3) is 20.2 Å². The van der Waals surface area contributed by atoms with Gasteiger partial charge >= 0.3 is 0 Å². The summed E-state index contributed by atoms with van der Waals surface area (Å²) in [7, 11) is -13.6. The Balaban J connectivity index is 2.74. The van der Waals surface area contributed by atoms with Crippen LogP contribution >= 0.6 is 0 Å². The van der Waals surface area contributed by atoms with Gasteiger partial charge in [-0.1, -0.05) is 19.1 Å². The summed E-state index contributed by atoms with van der Waals surface area (Å²) in [6.07, 6.45) is 0.243. The highest BCUT2D eigenvalue weighted by Crippen LogP contribution is 2.28. The molecule has 8 nitrogen and oxygen atoms in total. The smallest absolute Gasteiger partial charge is 0.282 e. The Morgan fingerprint density at radius 2 is 1.23 bits per heavy atom. The summed E-state index contributed by atoms with van der Waals surface area (Å²) in [6.45, 7) is 3.02. The van der Waals surface area contributed by atoms with Gasteiger partial charge in [0, 0.05) is 0 Å². The van der Waals surface area contributed by atoms with E-state index >= 15 is 0 Å². The minimum absolute atomic E-state index is 0.145. The molecule has 0 spiro atoms. The summed E-state index contributed by atoms with van der Waals surface area (Å²) in [5, 5.41) is 0. The van der Waals surface area contributed by atoms with E-state index in [2.05, 4.69) is 0 Å². The van der Waals surface area contributed by atoms with Crippen molar-refractivity contribution in [2.45, 2.75) is 39.9 Å². The molecule has 2 aromatic rings. The molecule has 0 atom stereocenters. The molecule has 0 radical (unpaired) electrons. The number of benzene rings is 2. The van der Waals surface area contributed by atoms with E-state index in [0.717, 1.165) is 24.3 Å². The van der Waals surface area contributed by atoms with Gasteiger partial charge in [0.05, 0.1) is 19.6 Å². The molecule has 0 fully saturated rings. The van der Waals surface area contributed by atoms with E-state index in [1.807, 2.05) is 0 Å². The largest absolute Gasteiger partial charge is 0.294 e. The Labute approximate surface area is 151 Å². The predicted molar refractivity (Wildman–Crippen MR) is 92.1 cm³/mol. The van der Waals surface area contributed by atoms with Crippen LogP contribution in [0.2, 0.25) is 0 Å². The molecule has 0 bridgehead atoms. The molecule has 0 heterocycles. The van der Waals surface area contributed by atoms with Crippen LogP contribution in [-0.4, -0.2) is 34.4 Å². The average molecular weight is 420 g/mol. The lowest BCUT2D eigenvalue weighted by molar-refractivity contribution is 0.480. The second kappa shape index (κ2) is 6.74. The summed E-state index contributed by atoms with van der Waals surface area (Å²) in [6, 6.07) is 6.38. The lowest BCUT2D eigenvalue weighted by Gasteiger charge is -2.11. The van der Waals surface area contributed by atoms with Gasteiger partial charge in [-0.3, -0.25) is 9.11 Å². The minimum atomic E-state index is -4.65. The lowest BCUT2D eigenvalue weighted by atomic mass is 10.2. The van der Waals surface area contributed by atoms with Gasteiger partial charge in [-0.05, 0) is 48.7 Å². The fraction of sp³-hybridized carbons (Fsp3) is 0.200. The van der Waals surface area contributed by atoms with Crippen LogP contribution < -0.4 is 0 Å². The first-order valence-corrected chi connectivity index (χ1v) is 11.6. The van der Waals surface area contributed by atoms with Gasteiger partial charge < -0.3 is 0 Å². The molecule has 2 rings (SSSR count). The van der Waals surface area contributed by atoms with Crippen LogP contribution in [0.4, 0.5) is 0 Å². The van der Waals surface area contributed by atoms with Crippen molar-refractivity contribution in [2.75, 3.05) is 0 Å². The summed E-state index contributed by atoms with van der Waals surface area (Å²) < 4.78 is 89.8. The van der Waals surface area contributed by atoms with Crippen molar-refractivity contribution in [3.8, 4) is 0 Å². The fourth-order valence-electron chi connectivity index (χ4n) is 2.40. The third-order valence-corrected chi connectivity index (χ3v) is 7.44. The van der Waals surface area contributed by atoms with E-state index in [-0.39, 0.29) is 17.5 Å². The first-order valence-electron chi connectivity index (χ1n) is 7.22. The van der Waals surface area contributed by atoms with E-state index < -0.39 is 49.7 Å². The number of hydrogen-bond donors (Lipinski definition) is 2. The molecule has 0 saturated carbocycles. The van der Waals surface area contributed by atoms with Gasteiger partial charge in [-0.15, -0.1) is 0 Å². The first-order chi connectivity index (χ1) is 11.8. The van der Waals surface area contributed by atoms with E-state index in [4.69, 9.17) is 0 Å². The molecule has 2 N–H and O–H groups in total. The molecule has 11 heteroatoms. The summed E-state index contributed by atoms with van der Waals surface area (Å²) in [4.78, 5) is -1.99. The number of aryl methyl sites for hydroxylation is 2. The zero-order valence-electron chi connectivity index (χ0n) is 13.7. The van der Waals surface area contributed by atoms with Crippen LogP contribution in [0.25, 0.3) is 0 Å². The third-order valence-electron chi connectivity index (χ3n) is 3.76. The Kier molecular flexibility index (Phi) is 5.32. The molecular formula is C15H16O8S3. The maximum atomic E-state index is 12.8. The first kappa shape index (κ1) is 20.5. The second-order valence-electron chi connectivity index (χ2n) is 5.50. The van der Waals surface area contributed by atoms with Crippen LogP contribution in [-0.2, 0) is 36.5 Å². The standard InChI is InChI=1S/C15H16O8S3/c1-3-11-5-7-13(9-15(11)26(21,22)23)24(16,17)12-6-4-10(2)14(8-12)25(18,19)20/h4-9H,3H2,1-2H3,(H,18,19,20)(H,21,22,23). The van der Waals surface area contributed by atoms with E-state index in [0.29, 0.717) is 0 Å². The summed E-state index contributed by atoms with van der Waals surface area (Å²) in [5.74, 6) is 0. The zero-order chi connectivity index (χ0) is 19.9. The van der Waals surface area contributed by atoms with E-state index in [1.165, 1.54) is 19.1 Å². The number of sulfone groups is 1. The Morgan fingerprint density at radius 3 is 1.69 bits per heavy atom. The maximum Gasteiger partial charge on any atom is 0.294 e. The van der Waals surface area contributed by atoms with Crippen LogP contribution in [0.5, 0.6) is 0 Å². The maximum absolute atomic E-state index is 12.8. The van der Waals surface area contributed by atoms with Crippen molar-refractivity contribution in [2.24, 2.45) is 0 Å². The highest BCUT2D eigenvalue weighted by Gasteiger charge is 2.25. The molecule has 0 amide bonds. The molecule has 0 saturated heterocycles. The zero-order valence-corrected chi connectivity index (χ0v) is 16.2. The highest BCUT2D eigenvalue weighted by molar-refractivity contribution is 7.91. The third kappa shape index (κ3) is 3.96. The second-order valence-corrected chi connectivity index (χ2v) is 10.2. The van der Waals surface area contributed by atoms with E-state index in [1.54, 1.807) is 6.92 Å². The van der Waals surface area contributed by atoms with Gasteiger partial charge in [-0.25, -0.2) is 8.42 Å². The number of hydrogen-bond acceptors (Lipinski definition) is 6. The van der Waals surface area contributed by atoms with Gasteiger partial charge in [0.15, 0.2) is 0 Å². The molecule has 0 aliphatic rings. The van der Waals surface area contributed by atoms with Crippen LogP contribution in [0.3, 0.4) is 0 Å². The Hall–Kier alpha value is -1.79. The summed E-state index contributed by atoms with van der Waals surface area (Å²) >= 11 is 0. The minimum Gasteiger partial charge on any atom is -0.282 e. The van der Waals surface area contributed by atoms with Crippen molar-refractivity contribution < 1.29 is 34.4 Å². The monoisotopic (exact) mass is 420 g/mol. The SMILES string of the molecule is CCc1ccc(S(=O)(=O)c2ccc(C)c(S(=O)(=O)O)c2)cc1S(=O)(=O)O. The van der Waals surface area contributed by atoms with Crippen molar-refractivity contribution in [1.82, 2.24) is 0 Å². The van der Waals surface area contributed by atoms with Crippen molar-refractivity contribution >= 4 is 30.1 Å².